The van der Waals surface area contributed by atoms with Crippen LogP contribution in [0, 0.1) is 5.92 Å². The molecule has 3 N–H and O–H groups in total. The second-order valence-electron chi connectivity index (χ2n) is 5.89. The maximum atomic E-state index is 11.6. The lowest BCUT2D eigenvalue weighted by molar-refractivity contribution is -0.121. The van der Waals surface area contributed by atoms with Crippen LogP contribution in [-0.2, 0) is 11.2 Å². The van der Waals surface area contributed by atoms with Gasteiger partial charge >= 0.3 is 0 Å². The van der Waals surface area contributed by atoms with Crippen molar-refractivity contribution in [2.45, 2.75) is 25.7 Å². The lowest BCUT2D eigenvalue weighted by Crippen LogP contribution is -2.31. The van der Waals surface area contributed by atoms with E-state index >= 15 is 0 Å². The topological polar surface area (TPSA) is 58.4 Å². The number of nitrogens with two attached hydrogens (primary N) is 1. The molecule has 1 amide bonds. The van der Waals surface area contributed by atoms with Crippen molar-refractivity contribution in [2.24, 2.45) is 11.7 Å². The van der Waals surface area contributed by atoms with Crippen LogP contribution in [0.25, 0.3) is 0 Å². The van der Waals surface area contributed by atoms with E-state index in [2.05, 4.69) is 40.5 Å². The van der Waals surface area contributed by atoms with Gasteiger partial charge in [-0.3, -0.25) is 4.79 Å². The lowest BCUT2D eigenvalue weighted by Gasteiger charge is -2.16. The Balaban J connectivity index is 1.61. The summed E-state index contributed by atoms with van der Waals surface area (Å²) < 4.78 is 0. The average molecular weight is 289 g/mol. The van der Waals surface area contributed by atoms with Gasteiger partial charge in [0.1, 0.15) is 0 Å². The number of nitrogens with one attached hydrogen (secondary N) is 1. The number of amides is 1. The van der Waals surface area contributed by atoms with Crippen LogP contribution in [-0.4, -0.2) is 43.5 Å². The van der Waals surface area contributed by atoms with Crippen molar-refractivity contribution in [3.8, 4) is 0 Å². The van der Waals surface area contributed by atoms with E-state index in [0.29, 0.717) is 18.9 Å². The maximum absolute atomic E-state index is 11.6. The fourth-order valence-electron chi connectivity index (χ4n) is 2.82. The van der Waals surface area contributed by atoms with Crippen LogP contribution in [0.1, 0.15) is 24.8 Å². The minimum atomic E-state index is 0.142. The Kier molecular flexibility index (Phi) is 6.70. The number of hydrogen-bond donors (Lipinski definition) is 2. The summed E-state index contributed by atoms with van der Waals surface area (Å²) in [5.41, 5.74) is 6.81. The fourth-order valence-corrected chi connectivity index (χ4v) is 2.82. The molecule has 116 valence electrons. The highest BCUT2D eigenvalue weighted by molar-refractivity contribution is 5.75. The molecular formula is C17H27N3O. The first-order chi connectivity index (χ1) is 10.3. The van der Waals surface area contributed by atoms with Crippen molar-refractivity contribution >= 4 is 5.91 Å². The summed E-state index contributed by atoms with van der Waals surface area (Å²) in [5.74, 6) is 0.741. The van der Waals surface area contributed by atoms with E-state index in [4.69, 9.17) is 5.73 Å². The molecule has 0 aliphatic carbocycles. The van der Waals surface area contributed by atoms with Gasteiger partial charge in [0.2, 0.25) is 5.91 Å². The number of carbonyl (C=O) groups is 1. The van der Waals surface area contributed by atoms with Crippen LogP contribution in [0.2, 0.25) is 0 Å². The highest BCUT2D eigenvalue weighted by atomic mass is 16.1. The minimum absolute atomic E-state index is 0.142. The quantitative estimate of drug-likeness (QED) is 0.760. The fraction of sp³-hybridized carbons (Fsp3) is 0.588. The Morgan fingerprint density at radius 1 is 1.33 bits per heavy atom. The Morgan fingerprint density at radius 3 is 2.90 bits per heavy atom. The highest BCUT2D eigenvalue weighted by Crippen LogP contribution is 2.16. The summed E-state index contributed by atoms with van der Waals surface area (Å²) in [6, 6.07) is 10.6. The number of benzene rings is 1. The summed E-state index contributed by atoms with van der Waals surface area (Å²) in [7, 11) is 0. The SMILES string of the molecule is NCCCC(=O)NCC1CCN(CCc2ccccc2)C1. The third kappa shape index (κ3) is 5.86. The van der Waals surface area contributed by atoms with Crippen molar-refractivity contribution in [2.75, 3.05) is 32.7 Å². The second kappa shape index (κ2) is 8.80. The number of carbonyl (C=O) groups excluding carboxylic acids is 1. The first-order valence-electron chi connectivity index (χ1n) is 8.01. The number of hydrogen-bond acceptors (Lipinski definition) is 3. The summed E-state index contributed by atoms with van der Waals surface area (Å²) in [5, 5.41) is 3.03. The van der Waals surface area contributed by atoms with Crippen LogP contribution in [0.15, 0.2) is 30.3 Å². The molecule has 1 aromatic rings. The van der Waals surface area contributed by atoms with Crippen molar-refractivity contribution in [3.63, 3.8) is 0 Å². The Bertz CT molecular complexity index is 421. The zero-order valence-corrected chi connectivity index (χ0v) is 12.8. The van der Waals surface area contributed by atoms with Gasteiger partial charge in [-0.25, -0.2) is 0 Å². The summed E-state index contributed by atoms with van der Waals surface area (Å²) >= 11 is 0. The Hall–Kier alpha value is -1.39. The molecule has 0 saturated carbocycles. The van der Waals surface area contributed by atoms with Crippen molar-refractivity contribution in [1.82, 2.24) is 10.2 Å². The van der Waals surface area contributed by atoms with Gasteiger partial charge in [0, 0.05) is 26.1 Å². The zero-order chi connectivity index (χ0) is 14.9. The van der Waals surface area contributed by atoms with Gasteiger partial charge in [0.15, 0.2) is 0 Å². The van der Waals surface area contributed by atoms with Gasteiger partial charge in [-0.1, -0.05) is 30.3 Å². The molecule has 1 atom stereocenters. The monoisotopic (exact) mass is 289 g/mol. The molecule has 21 heavy (non-hydrogen) atoms. The van der Waals surface area contributed by atoms with Crippen molar-refractivity contribution in [3.05, 3.63) is 35.9 Å². The molecule has 4 heteroatoms. The van der Waals surface area contributed by atoms with Crippen molar-refractivity contribution < 1.29 is 4.79 Å². The molecule has 1 heterocycles. The summed E-state index contributed by atoms with van der Waals surface area (Å²) in [6.45, 7) is 4.76. The summed E-state index contributed by atoms with van der Waals surface area (Å²) in [6.07, 6.45) is 3.63. The molecule has 0 radical (unpaired) electrons. The average Bonchev–Trinajstić information content (AvgIpc) is 2.98. The van der Waals surface area contributed by atoms with Gasteiger partial charge < -0.3 is 16.0 Å². The van der Waals surface area contributed by atoms with Crippen LogP contribution in [0.4, 0.5) is 0 Å². The first kappa shape index (κ1) is 16.0. The molecule has 0 bridgehead atoms. The van der Waals surface area contributed by atoms with E-state index in [1.54, 1.807) is 0 Å². The normalized spacial score (nSPS) is 18.8. The molecular weight excluding hydrogens is 262 g/mol. The molecule has 0 spiro atoms. The van der Waals surface area contributed by atoms with Gasteiger partial charge in [-0.05, 0) is 43.8 Å². The first-order valence-corrected chi connectivity index (χ1v) is 8.01. The van der Waals surface area contributed by atoms with Gasteiger partial charge in [-0.15, -0.1) is 0 Å². The van der Waals surface area contributed by atoms with E-state index in [0.717, 1.165) is 39.0 Å². The molecule has 2 rings (SSSR count). The van der Waals surface area contributed by atoms with Crippen LogP contribution >= 0.6 is 0 Å². The predicted octanol–water partition coefficient (Wildman–Crippen LogP) is 1.41. The molecule has 0 aromatic heterocycles. The van der Waals surface area contributed by atoms with E-state index in [-0.39, 0.29) is 5.91 Å². The van der Waals surface area contributed by atoms with E-state index in [1.165, 1.54) is 12.0 Å². The molecule has 1 aliphatic rings. The predicted molar refractivity (Wildman–Crippen MR) is 86.0 cm³/mol. The number of nitrogens with zero attached hydrogens (tertiary/aromatic N) is 1. The van der Waals surface area contributed by atoms with Crippen LogP contribution < -0.4 is 11.1 Å². The third-order valence-electron chi connectivity index (χ3n) is 4.13. The zero-order valence-electron chi connectivity index (χ0n) is 12.8. The largest absolute Gasteiger partial charge is 0.356 e. The van der Waals surface area contributed by atoms with E-state index in [1.807, 2.05) is 0 Å². The minimum Gasteiger partial charge on any atom is -0.356 e. The second-order valence-corrected chi connectivity index (χ2v) is 5.89. The molecule has 1 aromatic carbocycles. The van der Waals surface area contributed by atoms with Crippen LogP contribution in [0.5, 0.6) is 0 Å². The maximum Gasteiger partial charge on any atom is 0.220 e. The highest BCUT2D eigenvalue weighted by Gasteiger charge is 2.22. The standard InChI is InChI=1S/C17H27N3O/c18-10-4-7-17(21)19-13-16-9-12-20(14-16)11-8-15-5-2-1-3-6-15/h1-3,5-6,16H,4,7-14,18H2,(H,19,21). The van der Waals surface area contributed by atoms with Gasteiger partial charge in [0.05, 0.1) is 0 Å². The molecule has 1 fully saturated rings. The molecule has 1 aliphatic heterocycles. The van der Waals surface area contributed by atoms with Gasteiger partial charge in [-0.2, -0.15) is 0 Å². The molecule has 1 unspecified atom stereocenters. The Labute approximate surface area is 127 Å². The third-order valence-corrected chi connectivity index (χ3v) is 4.13. The molecule has 4 nitrogen and oxygen atoms in total. The number of likely N-dealkylation sites (tertiary alicyclic amines) is 1. The smallest absolute Gasteiger partial charge is 0.220 e. The van der Waals surface area contributed by atoms with E-state index < -0.39 is 0 Å². The number of rotatable bonds is 8. The Morgan fingerprint density at radius 2 is 2.14 bits per heavy atom. The summed E-state index contributed by atoms with van der Waals surface area (Å²) in [4.78, 5) is 14.1. The van der Waals surface area contributed by atoms with Gasteiger partial charge in [0.25, 0.3) is 0 Å². The van der Waals surface area contributed by atoms with Crippen LogP contribution in [0.3, 0.4) is 0 Å². The lowest BCUT2D eigenvalue weighted by atomic mass is 10.1. The van der Waals surface area contributed by atoms with Crippen molar-refractivity contribution in [1.29, 1.82) is 0 Å². The molecule has 1 saturated heterocycles. The van der Waals surface area contributed by atoms with E-state index in [9.17, 15) is 4.79 Å².